The van der Waals surface area contributed by atoms with E-state index < -0.39 is 6.09 Å². The highest BCUT2D eigenvalue weighted by Gasteiger charge is 2.14. The second-order valence-corrected chi connectivity index (χ2v) is 5.93. The van der Waals surface area contributed by atoms with Gasteiger partial charge in [-0.3, -0.25) is 0 Å². The van der Waals surface area contributed by atoms with Crippen LogP contribution in [0.4, 0.5) is 4.79 Å². The molecule has 104 valence electrons. The molecule has 1 N–H and O–H groups in total. The summed E-state index contributed by atoms with van der Waals surface area (Å²) in [6.45, 7) is 1.91. The Bertz CT molecular complexity index is 582. The highest BCUT2D eigenvalue weighted by molar-refractivity contribution is 9.11. The summed E-state index contributed by atoms with van der Waals surface area (Å²) >= 11 is 6.70. The lowest BCUT2D eigenvalue weighted by molar-refractivity contribution is 0.196. The summed E-state index contributed by atoms with van der Waals surface area (Å²) < 4.78 is 6.76. The van der Waals surface area contributed by atoms with E-state index in [2.05, 4.69) is 37.2 Å². The average molecular weight is 399 g/mol. The second-order valence-electron chi connectivity index (χ2n) is 4.22. The van der Waals surface area contributed by atoms with E-state index in [1.54, 1.807) is 0 Å². The van der Waals surface area contributed by atoms with Crippen LogP contribution >= 0.6 is 31.9 Å². The van der Waals surface area contributed by atoms with E-state index in [0.717, 1.165) is 14.5 Å². The smallest absolute Gasteiger partial charge is 0.408 e. The molecule has 0 aliphatic carbocycles. The number of amides is 1. The number of carbonyl (C=O) groups is 1. The number of nitrogens with one attached hydrogen (secondary N) is 1. The molecule has 2 aromatic rings. The Morgan fingerprint density at radius 2 is 1.65 bits per heavy atom. The second kappa shape index (κ2) is 6.90. The molecule has 0 aliphatic heterocycles. The van der Waals surface area contributed by atoms with E-state index in [1.807, 2.05) is 55.5 Å². The van der Waals surface area contributed by atoms with Gasteiger partial charge in [0.15, 0.2) is 5.75 Å². The third-order valence-corrected chi connectivity index (χ3v) is 4.00. The van der Waals surface area contributed by atoms with Gasteiger partial charge >= 0.3 is 6.09 Å². The molecule has 0 spiro atoms. The fourth-order valence-electron chi connectivity index (χ4n) is 1.70. The van der Waals surface area contributed by atoms with Crippen molar-refractivity contribution in [2.45, 2.75) is 13.0 Å². The Kier molecular flexibility index (Phi) is 5.20. The molecule has 1 atom stereocenters. The van der Waals surface area contributed by atoms with Gasteiger partial charge < -0.3 is 10.1 Å². The van der Waals surface area contributed by atoms with Gasteiger partial charge in [-0.2, -0.15) is 0 Å². The number of para-hydroxylation sites is 1. The van der Waals surface area contributed by atoms with E-state index in [1.165, 1.54) is 0 Å². The van der Waals surface area contributed by atoms with E-state index in [-0.39, 0.29) is 6.04 Å². The minimum Gasteiger partial charge on any atom is -0.408 e. The molecule has 20 heavy (non-hydrogen) atoms. The monoisotopic (exact) mass is 397 g/mol. The van der Waals surface area contributed by atoms with Crippen LogP contribution < -0.4 is 10.1 Å². The topological polar surface area (TPSA) is 38.3 Å². The van der Waals surface area contributed by atoms with Gasteiger partial charge in [0.1, 0.15) is 0 Å². The quantitative estimate of drug-likeness (QED) is 0.784. The standard InChI is InChI=1S/C15H13Br2NO2/c1-10(11-6-3-2-4-7-11)18-15(19)20-14-12(16)8-5-9-13(14)17/h2-10H,1H3,(H,18,19)/t10-/m1/s1. The summed E-state index contributed by atoms with van der Waals surface area (Å²) in [5, 5.41) is 2.80. The predicted octanol–water partition coefficient (Wildman–Crippen LogP) is 5.06. The van der Waals surface area contributed by atoms with Crippen LogP contribution in [0.25, 0.3) is 0 Å². The molecule has 0 saturated heterocycles. The fraction of sp³-hybridized carbons (Fsp3) is 0.133. The predicted molar refractivity (Wildman–Crippen MR) is 85.9 cm³/mol. The molecule has 2 aromatic carbocycles. The van der Waals surface area contributed by atoms with Crippen molar-refractivity contribution in [3.8, 4) is 5.75 Å². The summed E-state index contributed by atoms with van der Waals surface area (Å²) in [6.07, 6.45) is -0.492. The van der Waals surface area contributed by atoms with E-state index in [9.17, 15) is 4.79 Å². The van der Waals surface area contributed by atoms with Crippen molar-refractivity contribution < 1.29 is 9.53 Å². The van der Waals surface area contributed by atoms with Crippen molar-refractivity contribution in [1.29, 1.82) is 0 Å². The molecule has 0 fully saturated rings. The first-order valence-electron chi connectivity index (χ1n) is 6.05. The van der Waals surface area contributed by atoms with Gasteiger partial charge in [-0.15, -0.1) is 0 Å². The van der Waals surface area contributed by atoms with Gasteiger partial charge in [-0.05, 0) is 56.5 Å². The zero-order valence-electron chi connectivity index (χ0n) is 10.8. The normalized spacial score (nSPS) is 11.8. The first kappa shape index (κ1) is 15.1. The molecule has 0 bridgehead atoms. The van der Waals surface area contributed by atoms with Crippen molar-refractivity contribution in [3.05, 3.63) is 63.0 Å². The van der Waals surface area contributed by atoms with Crippen molar-refractivity contribution in [1.82, 2.24) is 5.32 Å². The van der Waals surface area contributed by atoms with Crippen molar-refractivity contribution in [2.24, 2.45) is 0 Å². The highest BCUT2D eigenvalue weighted by Crippen LogP contribution is 2.33. The first-order chi connectivity index (χ1) is 9.58. The van der Waals surface area contributed by atoms with Crippen LogP contribution in [0, 0.1) is 0 Å². The Morgan fingerprint density at radius 3 is 2.25 bits per heavy atom. The maximum absolute atomic E-state index is 11.9. The van der Waals surface area contributed by atoms with Crippen LogP contribution in [0.2, 0.25) is 0 Å². The molecule has 0 heterocycles. The minimum atomic E-state index is -0.492. The van der Waals surface area contributed by atoms with Crippen molar-refractivity contribution in [2.75, 3.05) is 0 Å². The van der Waals surface area contributed by atoms with E-state index in [0.29, 0.717) is 5.75 Å². The number of rotatable bonds is 3. The lowest BCUT2D eigenvalue weighted by atomic mass is 10.1. The fourth-order valence-corrected chi connectivity index (χ4v) is 2.86. The summed E-state index contributed by atoms with van der Waals surface area (Å²) in [7, 11) is 0. The average Bonchev–Trinajstić information content (AvgIpc) is 2.44. The minimum absolute atomic E-state index is 0.120. The lowest BCUT2D eigenvalue weighted by Crippen LogP contribution is -2.29. The van der Waals surface area contributed by atoms with Crippen LogP contribution in [0.1, 0.15) is 18.5 Å². The van der Waals surface area contributed by atoms with Gasteiger partial charge in [0, 0.05) is 0 Å². The molecular weight excluding hydrogens is 386 g/mol. The number of hydrogen-bond donors (Lipinski definition) is 1. The van der Waals surface area contributed by atoms with Gasteiger partial charge in [0.05, 0.1) is 15.0 Å². The molecule has 3 nitrogen and oxygen atoms in total. The molecular formula is C15H13Br2NO2. The summed E-state index contributed by atoms with van der Waals surface area (Å²) in [6, 6.07) is 15.1. The number of carbonyl (C=O) groups excluding carboxylic acids is 1. The largest absolute Gasteiger partial charge is 0.413 e. The van der Waals surface area contributed by atoms with Crippen LogP contribution in [-0.2, 0) is 0 Å². The van der Waals surface area contributed by atoms with E-state index in [4.69, 9.17) is 4.74 Å². The Morgan fingerprint density at radius 1 is 1.05 bits per heavy atom. The Labute approximate surface area is 134 Å². The molecule has 0 aliphatic rings. The summed E-state index contributed by atoms with van der Waals surface area (Å²) in [5.74, 6) is 0.463. The Balaban J connectivity index is 2.03. The van der Waals surface area contributed by atoms with Crippen molar-refractivity contribution in [3.63, 3.8) is 0 Å². The molecule has 0 saturated carbocycles. The lowest BCUT2D eigenvalue weighted by Gasteiger charge is -2.15. The summed E-state index contributed by atoms with van der Waals surface area (Å²) in [5.41, 5.74) is 1.02. The molecule has 0 aromatic heterocycles. The molecule has 5 heteroatoms. The SMILES string of the molecule is C[C@@H](NC(=O)Oc1c(Br)cccc1Br)c1ccccc1. The molecule has 1 amide bonds. The zero-order valence-corrected chi connectivity index (χ0v) is 13.9. The number of ether oxygens (including phenoxy) is 1. The number of halogens is 2. The van der Waals surface area contributed by atoms with Gasteiger partial charge in [0.2, 0.25) is 0 Å². The molecule has 0 unspecified atom stereocenters. The molecule has 2 rings (SSSR count). The van der Waals surface area contributed by atoms with Crippen LogP contribution in [0.5, 0.6) is 5.75 Å². The van der Waals surface area contributed by atoms with Crippen molar-refractivity contribution >= 4 is 38.0 Å². The third kappa shape index (κ3) is 3.84. The van der Waals surface area contributed by atoms with E-state index >= 15 is 0 Å². The zero-order chi connectivity index (χ0) is 14.5. The Hall–Kier alpha value is -1.33. The first-order valence-corrected chi connectivity index (χ1v) is 7.64. The maximum atomic E-state index is 11.9. The van der Waals surface area contributed by atoms with Gasteiger partial charge in [-0.25, -0.2) is 4.79 Å². The number of hydrogen-bond acceptors (Lipinski definition) is 2. The third-order valence-electron chi connectivity index (χ3n) is 2.75. The van der Waals surface area contributed by atoms with Gasteiger partial charge in [0.25, 0.3) is 0 Å². The van der Waals surface area contributed by atoms with Crippen LogP contribution in [-0.4, -0.2) is 6.09 Å². The maximum Gasteiger partial charge on any atom is 0.413 e. The molecule has 0 radical (unpaired) electrons. The van der Waals surface area contributed by atoms with Crippen LogP contribution in [0.3, 0.4) is 0 Å². The van der Waals surface area contributed by atoms with Crippen LogP contribution in [0.15, 0.2) is 57.5 Å². The highest BCUT2D eigenvalue weighted by atomic mass is 79.9. The van der Waals surface area contributed by atoms with Gasteiger partial charge in [-0.1, -0.05) is 36.4 Å². The number of benzene rings is 2. The summed E-state index contributed by atoms with van der Waals surface area (Å²) in [4.78, 5) is 11.9.